The van der Waals surface area contributed by atoms with E-state index in [1.54, 1.807) is 19.2 Å². The first-order valence-corrected chi connectivity index (χ1v) is 5.29. The van der Waals surface area contributed by atoms with Gasteiger partial charge in [0.2, 0.25) is 0 Å². The van der Waals surface area contributed by atoms with Crippen molar-refractivity contribution in [3.05, 3.63) is 35.5 Å². The predicted octanol–water partition coefficient (Wildman–Crippen LogP) is 2.22. The molecule has 1 aromatic heterocycles. The molecule has 0 amide bonds. The summed E-state index contributed by atoms with van der Waals surface area (Å²) in [5.74, 6) is -0.458. The predicted molar refractivity (Wildman–Crippen MR) is 61.7 cm³/mol. The number of rotatable bonds is 3. The lowest BCUT2D eigenvalue weighted by Gasteiger charge is -2.15. The maximum Gasteiger partial charge on any atom is 0.339 e. The molecular weight excluding hydrogens is 204 g/mol. The molecule has 0 radical (unpaired) electrons. The Hall–Kier alpha value is -1.84. The van der Waals surface area contributed by atoms with Crippen LogP contribution >= 0.6 is 0 Å². The van der Waals surface area contributed by atoms with Crippen molar-refractivity contribution >= 4 is 11.8 Å². The van der Waals surface area contributed by atoms with E-state index in [4.69, 9.17) is 5.11 Å². The van der Waals surface area contributed by atoms with Crippen molar-refractivity contribution < 1.29 is 9.90 Å². The van der Waals surface area contributed by atoms with Crippen LogP contribution < -0.4 is 5.32 Å². The van der Waals surface area contributed by atoms with Crippen molar-refractivity contribution in [3.8, 4) is 0 Å². The zero-order valence-corrected chi connectivity index (χ0v) is 9.10. The van der Waals surface area contributed by atoms with Crippen LogP contribution in [0.3, 0.4) is 0 Å². The van der Waals surface area contributed by atoms with Crippen molar-refractivity contribution in [3.63, 3.8) is 0 Å². The summed E-state index contributed by atoms with van der Waals surface area (Å²) in [5, 5.41) is 12.3. The first kappa shape index (κ1) is 10.7. The molecule has 84 valence electrons. The summed E-state index contributed by atoms with van der Waals surface area (Å²) in [4.78, 5) is 15.2. The van der Waals surface area contributed by atoms with Crippen LogP contribution in [0.25, 0.3) is 0 Å². The normalized spacial score (nSPS) is 15.3. The zero-order valence-electron chi connectivity index (χ0n) is 9.10. The fraction of sp³-hybridized carbons (Fsp3) is 0.333. The summed E-state index contributed by atoms with van der Waals surface area (Å²) >= 11 is 0. The molecule has 0 bridgehead atoms. The molecule has 0 aliphatic heterocycles. The number of carbonyl (C=O) groups is 1. The number of nitrogens with zero attached hydrogens (tertiary/aromatic N) is 1. The van der Waals surface area contributed by atoms with Crippen LogP contribution in [0.5, 0.6) is 0 Å². The van der Waals surface area contributed by atoms with Crippen LogP contribution in [0.1, 0.15) is 28.8 Å². The number of pyridine rings is 1. The third-order valence-electron chi connectivity index (χ3n) is 2.72. The molecule has 1 aliphatic carbocycles. The lowest BCUT2D eigenvalue weighted by molar-refractivity contribution is 0.0697. The van der Waals surface area contributed by atoms with E-state index >= 15 is 0 Å². The average Bonchev–Trinajstić information content (AvgIpc) is 2.70. The lowest BCUT2D eigenvalue weighted by atomic mass is 10.1. The molecule has 4 heteroatoms. The molecule has 1 heterocycles. The highest BCUT2D eigenvalue weighted by atomic mass is 16.4. The Morgan fingerprint density at radius 3 is 2.81 bits per heavy atom. The molecular formula is C12H14N2O2. The Bertz CT molecular complexity index is 433. The second kappa shape index (κ2) is 4.35. The first-order valence-electron chi connectivity index (χ1n) is 5.29. The molecule has 0 unspecified atom stereocenters. The number of carboxylic acid groups (broad SMARTS) is 1. The maximum atomic E-state index is 11.1. The molecule has 0 fully saturated rings. The molecule has 0 atom stereocenters. The van der Waals surface area contributed by atoms with Crippen molar-refractivity contribution in [1.29, 1.82) is 0 Å². The van der Waals surface area contributed by atoms with E-state index in [9.17, 15) is 4.79 Å². The Kier molecular flexibility index (Phi) is 2.90. The highest BCUT2D eigenvalue weighted by Crippen LogP contribution is 2.21. The van der Waals surface area contributed by atoms with Gasteiger partial charge in [-0.3, -0.25) is 0 Å². The molecule has 0 saturated heterocycles. The largest absolute Gasteiger partial charge is 0.478 e. The minimum atomic E-state index is -0.931. The fourth-order valence-electron chi connectivity index (χ4n) is 1.87. The van der Waals surface area contributed by atoms with Gasteiger partial charge in [-0.2, -0.15) is 0 Å². The van der Waals surface area contributed by atoms with Gasteiger partial charge in [0.25, 0.3) is 0 Å². The third kappa shape index (κ3) is 2.05. The molecule has 2 rings (SSSR count). The molecule has 0 aromatic carbocycles. The van der Waals surface area contributed by atoms with Crippen LogP contribution in [0, 0.1) is 6.92 Å². The quantitative estimate of drug-likeness (QED) is 0.763. The summed E-state index contributed by atoms with van der Waals surface area (Å²) in [6, 6.07) is 1.98. The molecule has 4 nitrogen and oxygen atoms in total. The fourth-order valence-corrected chi connectivity index (χ4v) is 1.87. The van der Waals surface area contributed by atoms with Gasteiger partial charge in [-0.05, 0) is 31.4 Å². The molecule has 16 heavy (non-hydrogen) atoms. The van der Waals surface area contributed by atoms with E-state index < -0.39 is 5.97 Å². The lowest BCUT2D eigenvalue weighted by Crippen LogP contribution is -2.19. The molecule has 1 aromatic rings. The summed E-state index contributed by atoms with van der Waals surface area (Å²) in [6.07, 6.45) is 7.66. The van der Waals surface area contributed by atoms with Gasteiger partial charge < -0.3 is 10.4 Å². The smallest absolute Gasteiger partial charge is 0.339 e. The van der Waals surface area contributed by atoms with Gasteiger partial charge in [-0.1, -0.05) is 12.2 Å². The summed E-state index contributed by atoms with van der Waals surface area (Å²) in [5.41, 5.74) is 1.00. The standard InChI is InChI=1S/C12H14N2O2/c1-8-6-7-13-11(10(8)12(15)16)14-9-4-2-3-5-9/h2-3,6-7,9H,4-5H2,1H3,(H,13,14)(H,15,16). The maximum absolute atomic E-state index is 11.1. The number of hydrogen-bond acceptors (Lipinski definition) is 3. The highest BCUT2D eigenvalue weighted by molar-refractivity contribution is 5.94. The molecule has 0 saturated carbocycles. The Morgan fingerprint density at radius 2 is 2.19 bits per heavy atom. The van der Waals surface area contributed by atoms with E-state index in [0.717, 1.165) is 18.4 Å². The van der Waals surface area contributed by atoms with Gasteiger partial charge in [-0.15, -0.1) is 0 Å². The first-order chi connectivity index (χ1) is 7.68. The zero-order chi connectivity index (χ0) is 11.5. The third-order valence-corrected chi connectivity index (χ3v) is 2.72. The minimum Gasteiger partial charge on any atom is -0.478 e. The van der Waals surface area contributed by atoms with Crippen LogP contribution in [0.2, 0.25) is 0 Å². The molecule has 1 aliphatic rings. The number of anilines is 1. The van der Waals surface area contributed by atoms with Gasteiger partial charge in [0.05, 0.1) is 0 Å². The van der Waals surface area contributed by atoms with Gasteiger partial charge in [0, 0.05) is 12.2 Å². The van der Waals surface area contributed by atoms with E-state index in [-0.39, 0.29) is 11.6 Å². The summed E-state index contributed by atoms with van der Waals surface area (Å²) in [6.45, 7) is 1.78. The number of aromatic nitrogens is 1. The van der Waals surface area contributed by atoms with Crippen LogP contribution in [0.15, 0.2) is 24.4 Å². The van der Waals surface area contributed by atoms with Gasteiger partial charge in [-0.25, -0.2) is 9.78 Å². The Labute approximate surface area is 94.0 Å². The monoisotopic (exact) mass is 218 g/mol. The van der Waals surface area contributed by atoms with Crippen molar-refractivity contribution in [1.82, 2.24) is 4.98 Å². The number of hydrogen-bond donors (Lipinski definition) is 2. The number of carboxylic acids is 1. The second-order valence-corrected chi connectivity index (χ2v) is 3.94. The Morgan fingerprint density at radius 1 is 1.50 bits per heavy atom. The number of aromatic carboxylic acids is 1. The van der Waals surface area contributed by atoms with Crippen LogP contribution in [-0.2, 0) is 0 Å². The average molecular weight is 218 g/mol. The topological polar surface area (TPSA) is 62.2 Å². The molecule has 2 N–H and O–H groups in total. The number of aryl methyl sites for hydroxylation is 1. The van der Waals surface area contributed by atoms with Crippen LogP contribution in [-0.4, -0.2) is 22.1 Å². The van der Waals surface area contributed by atoms with Crippen molar-refractivity contribution in [2.75, 3.05) is 5.32 Å². The van der Waals surface area contributed by atoms with Crippen molar-refractivity contribution in [2.24, 2.45) is 0 Å². The minimum absolute atomic E-state index is 0.271. The van der Waals surface area contributed by atoms with Gasteiger partial charge in [0.1, 0.15) is 11.4 Å². The second-order valence-electron chi connectivity index (χ2n) is 3.94. The van der Waals surface area contributed by atoms with E-state index in [1.807, 2.05) is 0 Å². The van der Waals surface area contributed by atoms with E-state index in [0.29, 0.717) is 5.82 Å². The van der Waals surface area contributed by atoms with E-state index in [1.165, 1.54) is 0 Å². The van der Waals surface area contributed by atoms with Crippen LogP contribution in [0.4, 0.5) is 5.82 Å². The Balaban J connectivity index is 2.25. The highest BCUT2D eigenvalue weighted by Gasteiger charge is 2.17. The summed E-state index contributed by atoms with van der Waals surface area (Å²) in [7, 11) is 0. The van der Waals surface area contributed by atoms with Gasteiger partial charge in [0.15, 0.2) is 0 Å². The SMILES string of the molecule is Cc1ccnc(NC2CC=CC2)c1C(=O)O. The van der Waals surface area contributed by atoms with Gasteiger partial charge >= 0.3 is 5.97 Å². The summed E-state index contributed by atoms with van der Waals surface area (Å²) < 4.78 is 0. The van der Waals surface area contributed by atoms with E-state index in [2.05, 4.69) is 22.5 Å². The van der Waals surface area contributed by atoms with Crippen molar-refractivity contribution in [2.45, 2.75) is 25.8 Å². The number of nitrogens with one attached hydrogen (secondary N) is 1. The molecule has 0 spiro atoms.